The standard InChI is InChI=1S/C12H22F3NO2/c1-4-7-16(9-12(13,14)15)8-5-6-11(2,3)10(17)18/h4-9H2,1-3H3,(H,17,18). The summed E-state index contributed by atoms with van der Waals surface area (Å²) in [5, 5.41) is 8.90. The van der Waals surface area contributed by atoms with E-state index in [0.717, 1.165) is 0 Å². The second kappa shape index (κ2) is 6.97. The number of rotatable bonds is 8. The van der Waals surface area contributed by atoms with Gasteiger partial charge in [0, 0.05) is 0 Å². The van der Waals surface area contributed by atoms with Crippen LogP contribution in [0.5, 0.6) is 0 Å². The first-order valence-electron chi connectivity index (χ1n) is 6.11. The molecule has 0 radical (unpaired) electrons. The molecule has 0 saturated carbocycles. The van der Waals surface area contributed by atoms with Crippen LogP contribution in [0.25, 0.3) is 0 Å². The van der Waals surface area contributed by atoms with Gasteiger partial charge in [0.1, 0.15) is 0 Å². The SMILES string of the molecule is CCCN(CCCC(C)(C)C(=O)O)CC(F)(F)F. The van der Waals surface area contributed by atoms with E-state index >= 15 is 0 Å². The molecule has 0 fully saturated rings. The first-order chi connectivity index (χ1) is 8.08. The van der Waals surface area contributed by atoms with Gasteiger partial charge < -0.3 is 5.11 Å². The molecule has 0 heterocycles. The molecule has 0 rings (SSSR count). The Morgan fingerprint density at radius 3 is 2.17 bits per heavy atom. The molecule has 0 aliphatic rings. The van der Waals surface area contributed by atoms with E-state index in [0.29, 0.717) is 25.8 Å². The minimum absolute atomic E-state index is 0.282. The van der Waals surface area contributed by atoms with E-state index in [4.69, 9.17) is 5.11 Å². The number of nitrogens with zero attached hydrogens (tertiary/aromatic N) is 1. The third kappa shape index (κ3) is 7.53. The fourth-order valence-corrected chi connectivity index (χ4v) is 1.69. The predicted molar refractivity (Wildman–Crippen MR) is 63.4 cm³/mol. The van der Waals surface area contributed by atoms with Gasteiger partial charge in [-0.3, -0.25) is 9.69 Å². The van der Waals surface area contributed by atoms with Gasteiger partial charge in [0.25, 0.3) is 0 Å². The van der Waals surface area contributed by atoms with Crippen molar-refractivity contribution in [2.45, 2.75) is 46.2 Å². The first kappa shape index (κ1) is 17.2. The van der Waals surface area contributed by atoms with Crippen molar-refractivity contribution in [3.05, 3.63) is 0 Å². The summed E-state index contributed by atoms with van der Waals surface area (Å²) in [4.78, 5) is 12.2. The number of carboxylic acid groups (broad SMARTS) is 1. The maximum absolute atomic E-state index is 12.3. The van der Waals surface area contributed by atoms with Crippen molar-refractivity contribution in [3.8, 4) is 0 Å². The number of carboxylic acids is 1. The highest BCUT2D eigenvalue weighted by atomic mass is 19.4. The fourth-order valence-electron chi connectivity index (χ4n) is 1.69. The summed E-state index contributed by atoms with van der Waals surface area (Å²) in [7, 11) is 0. The molecule has 108 valence electrons. The lowest BCUT2D eigenvalue weighted by atomic mass is 9.88. The van der Waals surface area contributed by atoms with Crippen LogP contribution in [0.4, 0.5) is 13.2 Å². The highest BCUT2D eigenvalue weighted by Gasteiger charge is 2.31. The Hall–Kier alpha value is -0.780. The Kier molecular flexibility index (Phi) is 6.67. The molecule has 0 aliphatic heterocycles. The van der Waals surface area contributed by atoms with E-state index in [-0.39, 0.29) is 6.54 Å². The van der Waals surface area contributed by atoms with Gasteiger partial charge in [-0.25, -0.2) is 0 Å². The Balaban J connectivity index is 4.16. The summed E-state index contributed by atoms with van der Waals surface area (Å²) >= 11 is 0. The molecule has 0 saturated heterocycles. The van der Waals surface area contributed by atoms with Crippen molar-refractivity contribution in [2.75, 3.05) is 19.6 Å². The Bertz CT molecular complexity index is 265. The van der Waals surface area contributed by atoms with E-state index in [2.05, 4.69) is 0 Å². The number of carbonyl (C=O) groups is 1. The lowest BCUT2D eigenvalue weighted by Crippen LogP contribution is -2.36. The molecule has 0 aromatic carbocycles. The molecule has 0 aromatic rings. The Labute approximate surface area is 106 Å². The summed E-state index contributed by atoms with van der Waals surface area (Å²) in [6.07, 6.45) is -2.72. The largest absolute Gasteiger partial charge is 0.481 e. The van der Waals surface area contributed by atoms with Crippen LogP contribution >= 0.6 is 0 Å². The second-order valence-corrected chi connectivity index (χ2v) is 5.18. The van der Waals surface area contributed by atoms with Gasteiger partial charge in [0.15, 0.2) is 0 Å². The number of aliphatic carboxylic acids is 1. The zero-order chi connectivity index (χ0) is 14.4. The average molecular weight is 269 g/mol. The van der Waals surface area contributed by atoms with Gasteiger partial charge >= 0.3 is 12.1 Å². The summed E-state index contributed by atoms with van der Waals surface area (Å²) in [6.45, 7) is 4.74. The van der Waals surface area contributed by atoms with Gasteiger partial charge in [-0.2, -0.15) is 13.2 Å². The molecular weight excluding hydrogens is 247 g/mol. The molecule has 0 aliphatic carbocycles. The predicted octanol–water partition coefficient (Wildman–Crippen LogP) is 3.15. The number of alkyl halides is 3. The third-order valence-electron chi connectivity index (χ3n) is 2.80. The normalized spacial score (nSPS) is 13.1. The van der Waals surface area contributed by atoms with Crippen LogP contribution in [0.3, 0.4) is 0 Å². The van der Waals surface area contributed by atoms with Crippen molar-refractivity contribution in [3.63, 3.8) is 0 Å². The Morgan fingerprint density at radius 1 is 1.22 bits per heavy atom. The van der Waals surface area contributed by atoms with E-state index in [9.17, 15) is 18.0 Å². The maximum Gasteiger partial charge on any atom is 0.401 e. The van der Waals surface area contributed by atoms with Crippen molar-refractivity contribution in [2.24, 2.45) is 5.41 Å². The van der Waals surface area contributed by atoms with Gasteiger partial charge in [0.05, 0.1) is 12.0 Å². The molecule has 0 unspecified atom stereocenters. The van der Waals surface area contributed by atoms with Gasteiger partial charge in [-0.1, -0.05) is 6.92 Å². The molecule has 1 N–H and O–H groups in total. The van der Waals surface area contributed by atoms with Crippen LogP contribution in [0.15, 0.2) is 0 Å². The van der Waals surface area contributed by atoms with Crippen LogP contribution < -0.4 is 0 Å². The fraction of sp³-hybridized carbons (Fsp3) is 0.917. The summed E-state index contributed by atoms with van der Waals surface area (Å²) in [5.41, 5.74) is -0.879. The summed E-state index contributed by atoms with van der Waals surface area (Å²) in [5.74, 6) is -0.916. The molecule has 0 aromatic heterocycles. The van der Waals surface area contributed by atoms with Crippen molar-refractivity contribution >= 4 is 5.97 Å². The van der Waals surface area contributed by atoms with E-state index in [1.165, 1.54) is 4.90 Å². The lowest BCUT2D eigenvalue weighted by Gasteiger charge is -2.25. The van der Waals surface area contributed by atoms with Crippen LogP contribution in [-0.2, 0) is 4.79 Å². The highest BCUT2D eigenvalue weighted by Crippen LogP contribution is 2.23. The Morgan fingerprint density at radius 2 is 1.78 bits per heavy atom. The lowest BCUT2D eigenvalue weighted by molar-refractivity contribution is -0.149. The van der Waals surface area contributed by atoms with Gasteiger partial charge in [0.2, 0.25) is 0 Å². The minimum atomic E-state index is -4.20. The smallest absolute Gasteiger partial charge is 0.401 e. The summed E-state index contributed by atoms with van der Waals surface area (Å²) in [6, 6.07) is 0. The molecule has 18 heavy (non-hydrogen) atoms. The highest BCUT2D eigenvalue weighted by molar-refractivity contribution is 5.73. The van der Waals surface area contributed by atoms with Gasteiger partial charge in [-0.15, -0.1) is 0 Å². The zero-order valence-corrected chi connectivity index (χ0v) is 11.2. The average Bonchev–Trinajstić information content (AvgIpc) is 2.14. The molecule has 0 atom stereocenters. The maximum atomic E-state index is 12.3. The molecular formula is C12H22F3NO2. The number of hydrogen-bond acceptors (Lipinski definition) is 2. The first-order valence-corrected chi connectivity index (χ1v) is 6.11. The van der Waals surface area contributed by atoms with Crippen molar-refractivity contribution in [1.29, 1.82) is 0 Å². The van der Waals surface area contributed by atoms with Crippen LogP contribution in [0, 0.1) is 5.41 Å². The molecule has 3 nitrogen and oxygen atoms in total. The quantitative estimate of drug-likeness (QED) is 0.736. The zero-order valence-electron chi connectivity index (χ0n) is 11.2. The molecule has 6 heteroatoms. The monoisotopic (exact) mass is 269 g/mol. The van der Waals surface area contributed by atoms with Crippen LogP contribution in [-0.4, -0.2) is 41.8 Å². The van der Waals surface area contributed by atoms with E-state index in [1.54, 1.807) is 13.8 Å². The second-order valence-electron chi connectivity index (χ2n) is 5.18. The topological polar surface area (TPSA) is 40.5 Å². The van der Waals surface area contributed by atoms with Crippen LogP contribution in [0.1, 0.15) is 40.0 Å². The number of hydrogen-bond donors (Lipinski definition) is 1. The molecule has 0 bridgehead atoms. The van der Waals surface area contributed by atoms with Crippen molar-refractivity contribution < 1.29 is 23.1 Å². The van der Waals surface area contributed by atoms with Gasteiger partial charge in [-0.05, 0) is 46.2 Å². The van der Waals surface area contributed by atoms with E-state index < -0.39 is 24.1 Å². The van der Waals surface area contributed by atoms with E-state index in [1.807, 2.05) is 6.92 Å². The number of halogens is 3. The summed E-state index contributed by atoms with van der Waals surface area (Å²) < 4.78 is 36.8. The molecule has 0 amide bonds. The third-order valence-corrected chi connectivity index (χ3v) is 2.80. The minimum Gasteiger partial charge on any atom is -0.481 e. The van der Waals surface area contributed by atoms with Crippen LogP contribution in [0.2, 0.25) is 0 Å². The van der Waals surface area contributed by atoms with Crippen molar-refractivity contribution in [1.82, 2.24) is 4.90 Å². The molecule has 0 spiro atoms.